The number of amides is 1. The van der Waals surface area contributed by atoms with Crippen LogP contribution in [0.2, 0.25) is 0 Å². The third kappa shape index (κ3) is 1.69. The van der Waals surface area contributed by atoms with E-state index in [0.717, 1.165) is 12.2 Å². The Bertz CT molecular complexity index is 335. The molecule has 1 amide bonds. The predicted octanol–water partition coefficient (Wildman–Crippen LogP) is 0.994. The Hall–Kier alpha value is -1.38. The number of nitrogens with one attached hydrogen (secondary N) is 1. The molecule has 0 radical (unpaired) electrons. The molecule has 0 aromatic carbocycles. The molecule has 1 aromatic rings. The summed E-state index contributed by atoms with van der Waals surface area (Å²) in [6.45, 7) is 2.73. The lowest BCUT2D eigenvalue weighted by Gasteiger charge is -2.06. The lowest BCUT2D eigenvalue weighted by atomic mass is 9.99. The predicted molar refractivity (Wildman–Crippen MR) is 49.3 cm³/mol. The van der Waals surface area contributed by atoms with Gasteiger partial charge in [-0.25, -0.2) is 0 Å². The summed E-state index contributed by atoms with van der Waals surface area (Å²) in [7, 11) is 0. The van der Waals surface area contributed by atoms with Crippen molar-refractivity contribution in [3.8, 4) is 0 Å². The Balaban J connectivity index is 2.21. The number of nitrogens with zero attached hydrogens (tertiary/aromatic N) is 1. The van der Waals surface area contributed by atoms with E-state index >= 15 is 0 Å². The molecule has 13 heavy (non-hydrogen) atoms. The van der Waals surface area contributed by atoms with E-state index < -0.39 is 0 Å². The second kappa shape index (κ2) is 3.17. The molecule has 0 spiro atoms. The van der Waals surface area contributed by atoms with Crippen molar-refractivity contribution in [3.05, 3.63) is 29.6 Å². The average Bonchev–Trinajstić information content (AvgIpc) is 2.52. The van der Waals surface area contributed by atoms with Gasteiger partial charge in [-0.1, -0.05) is 0 Å². The maximum absolute atomic E-state index is 11.0. The van der Waals surface area contributed by atoms with E-state index in [4.69, 9.17) is 0 Å². The molecule has 1 fully saturated rings. The number of rotatable bonds is 1. The Morgan fingerprint density at radius 2 is 2.46 bits per heavy atom. The first-order chi connectivity index (χ1) is 6.25. The maximum atomic E-state index is 11.0. The second-order valence-corrected chi connectivity index (χ2v) is 3.44. The molecule has 3 heteroatoms. The standard InChI is InChI=1S/C10H12N2O/c1-7-4-8(2-3-11-7)9-5-10(13)12-6-9/h2-4,9H,5-6H2,1H3,(H,12,13). The van der Waals surface area contributed by atoms with Crippen LogP contribution in [-0.2, 0) is 4.79 Å². The third-order valence-electron chi connectivity index (χ3n) is 2.37. The number of aryl methyl sites for hydroxylation is 1. The van der Waals surface area contributed by atoms with E-state index in [0.29, 0.717) is 12.3 Å². The van der Waals surface area contributed by atoms with Crippen LogP contribution in [0.4, 0.5) is 0 Å². The van der Waals surface area contributed by atoms with Crippen molar-refractivity contribution in [2.75, 3.05) is 6.54 Å². The summed E-state index contributed by atoms with van der Waals surface area (Å²) in [6, 6.07) is 4.03. The van der Waals surface area contributed by atoms with Gasteiger partial charge in [-0.3, -0.25) is 9.78 Å². The van der Waals surface area contributed by atoms with Gasteiger partial charge in [0.15, 0.2) is 0 Å². The zero-order valence-corrected chi connectivity index (χ0v) is 7.58. The first-order valence-electron chi connectivity index (χ1n) is 4.45. The fraction of sp³-hybridized carbons (Fsp3) is 0.400. The summed E-state index contributed by atoms with van der Waals surface area (Å²) < 4.78 is 0. The number of hydrogen-bond donors (Lipinski definition) is 1. The lowest BCUT2D eigenvalue weighted by molar-refractivity contribution is -0.119. The van der Waals surface area contributed by atoms with Gasteiger partial charge in [0.2, 0.25) is 5.91 Å². The summed E-state index contributed by atoms with van der Waals surface area (Å²) >= 11 is 0. The first kappa shape index (κ1) is 8.23. The van der Waals surface area contributed by atoms with E-state index in [1.54, 1.807) is 6.20 Å². The Labute approximate surface area is 77.2 Å². The maximum Gasteiger partial charge on any atom is 0.220 e. The highest BCUT2D eigenvalue weighted by molar-refractivity contribution is 5.79. The van der Waals surface area contributed by atoms with Gasteiger partial charge in [0.05, 0.1) is 0 Å². The van der Waals surface area contributed by atoms with E-state index in [1.165, 1.54) is 5.56 Å². The normalized spacial score (nSPS) is 21.6. The SMILES string of the molecule is Cc1cc(C2CNC(=O)C2)ccn1. The van der Waals surface area contributed by atoms with E-state index in [-0.39, 0.29) is 5.91 Å². The smallest absolute Gasteiger partial charge is 0.220 e. The molecule has 1 N–H and O–H groups in total. The van der Waals surface area contributed by atoms with Crippen molar-refractivity contribution >= 4 is 5.91 Å². The summed E-state index contributed by atoms with van der Waals surface area (Å²) in [4.78, 5) is 15.1. The van der Waals surface area contributed by atoms with Crippen molar-refractivity contribution in [1.29, 1.82) is 0 Å². The fourth-order valence-corrected chi connectivity index (χ4v) is 1.66. The molecule has 2 heterocycles. The number of carbonyl (C=O) groups is 1. The number of carbonyl (C=O) groups excluding carboxylic acids is 1. The Kier molecular flexibility index (Phi) is 2.00. The summed E-state index contributed by atoms with van der Waals surface area (Å²) in [5, 5.41) is 2.83. The van der Waals surface area contributed by atoms with Crippen LogP contribution in [0.3, 0.4) is 0 Å². The molecule has 1 aromatic heterocycles. The van der Waals surface area contributed by atoms with Crippen molar-refractivity contribution in [1.82, 2.24) is 10.3 Å². The lowest BCUT2D eigenvalue weighted by Crippen LogP contribution is -2.13. The molecule has 1 atom stereocenters. The van der Waals surface area contributed by atoms with Gasteiger partial charge in [-0.05, 0) is 24.6 Å². The van der Waals surface area contributed by atoms with Crippen molar-refractivity contribution in [2.45, 2.75) is 19.3 Å². The third-order valence-corrected chi connectivity index (χ3v) is 2.37. The largest absolute Gasteiger partial charge is 0.355 e. The van der Waals surface area contributed by atoms with Gasteiger partial charge in [0.1, 0.15) is 0 Å². The Morgan fingerprint density at radius 3 is 3.08 bits per heavy atom. The minimum Gasteiger partial charge on any atom is -0.355 e. The number of pyridine rings is 1. The molecule has 0 aliphatic carbocycles. The summed E-state index contributed by atoms with van der Waals surface area (Å²) in [5.74, 6) is 0.494. The quantitative estimate of drug-likeness (QED) is 0.693. The fourth-order valence-electron chi connectivity index (χ4n) is 1.66. The molecular formula is C10H12N2O. The molecule has 1 saturated heterocycles. The van der Waals surface area contributed by atoms with Gasteiger partial charge < -0.3 is 5.32 Å². The van der Waals surface area contributed by atoms with Crippen LogP contribution in [0.1, 0.15) is 23.6 Å². The van der Waals surface area contributed by atoms with Crippen molar-refractivity contribution < 1.29 is 4.79 Å². The molecule has 2 rings (SSSR count). The zero-order chi connectivity index (χ0) is 9.26. The summed E-state index contributed by atoms with van der Waals surface area (Å²) in [5.41, 5.74) is 2.22. The highest BCUT2D eigenvalue weighted by Gasteiger charge is 2.22. The first-order valence-corrected chi connectivity index (χ1v) is 4.45. The zero-order valence-electron chi connectivity index (χ0n) is 7.58. The topological polar surface area (TPSA) is 42.0 Å². The van der Waals surface area contributed by atoms with Gasteiger partial charge >= 0.3 is 0 Å². The van der Waals surface area contributed by atoms with Crippen LogP contribution in [0.25, 0.3) is 0 Å². The molecule has 0 bridgehead atoms. The van der Waals surface area contributed by atoms with Crippen LogP contribution in [-0.4, -0.2) is 17.4 Å². The monoisotopic (exact) mass is 176 g/mol. The molecular weight excluding hydrogens is 164 g/mol. The summed E-state index contributed by atoms with van der Waals surface area (Å²) in [6.07, 6.45) is 2.41. The van der Waals surface area contributed by atoms with Gasteiger partial charge in [0.25, 0.3) is 0 Å². The van der Waals surface area contributed by atoms with Crippen LogP contribution >= 0.6 is 0 Å². The molecule has 1 aliphatic heterocycles. The van der Waals surface area contributed by atoms with E-state index in [9.17, 15) is 4.79 Å². The van der Waals surface area contributed by atoms with Crippen molar-refractivity contribution in [2.24, 2.45) is 0 Å². The second-order valence-electron chi connectivity index (χ2n) is 3.44. The van der Waals surface area contributed by atoms with Gasteiger partial charge in [-0.15, -0.1) is 0 Å². The minimum atomic E-state index is 0.152. The molecule has 3 nitrogen and oxygen atoms in total. The molecule has 1 unspecified atom stereocenters. The number of hydrogen-bond acceptors (Lipinski definition) is 2. The average molecular weight is 176 g/mol. The van der Waals surface area contributed by atoms with Crippen LogP contribution in [0.5, 0.6) is 0 Å². The van der Waals surface area contributed by atoms with Gasteiger partial charge in [-0.2, -0.15) is 0 Å². The Morgan fingerprint density at radius 1 is 1.62 bits per heavy atom. The van der Waals surface area contributed by atoms with Crippen LogP contribution < -0.4 is 5.32 Å². The van der Waals surface area contributed by atoms with Crippen LogP contribution in [0, 0.1) is 6.92 Å². The van der Waals surface area contributed by atoms with Crippen LogP contribution in [0.15, 0.2) is 18.3 Å². The highest BCUT2D eigenvalue weighted by Crippen LogP contribution is 2.22. The highest BCUT2D eigenvalue weighted by atomic mass is 16.1. The minimum absolute atomic E-state index is 0.152. The van der Waals surface area contributed by atoms with E-state index in [1.807, 2.05) is 19.1 Å². The van der Waals surface area contributed by atoms with Crippen molar-refractivity contribution in [3.63, 3.8) is 0 Å². The number of aromatic nitrogens is 1. The molecule has 68 valence electrons. The van der Waals surface area contributed by atoms with Gasteiger partial charge in [0, 0.05) is 30.8 Å². The molecule has 0 saturated carbocycles. The van der Waals surface area contributed by atoms with E-state index in [2.05, 4.69) is 10.3 Å². The molecule has 1 aliphatic rings.